The molecule has 2 aromatic rings. The molecule has 0 aliphatic carbocycles. The molecule has 2 rings (SSSR count). The molecular formula is C18H19N3O5SSe. The quantitative estimate of drug-likeness (QED) is 0.306. The Morgan fingerprint density at radius 3 is 2.39 bits per heavy atom. The number of nitro groups is 1. The van der Waals surface area contributed by atoms with E-state index >= 15 is 0 Å². The molecule has 0 fully saturated rings. The molecule has 0 saturated carbocycles. The van der Waals surface area contributed by atoms with Gasteiger partial charge in [0.1, 0.15) is 0 Å². The van der Waals surface area contributed by atoms with Gasteiger partial charge >= 0.3 is 171 Å². The van der Waals surface area contributed by atoms with Crippen LogP contribution in [0.2, 0.25) is 0 Å². The molecule has 0 spiro atoms. The molecule has 0 saturated heterocycles. The van der Waals surface area contributed by atoms with Gasteiger partial charge in [-0.25, -0.2) is 0 Å². The van der Waals surface area contributed by atoms with Crippen LogP contribution in [0.5, 0.6) is 0 Å². The van der Waals surface area contributed by atoms with Crippen molar-refractivity contribution in [3.8, 4) is 0 Å². The minimum absolute atomic E-state index is 0.0601. The third-order valence-electron chi connectivity index (χ3n) is 3.83. The number of carboxylic acid groups (broad SMARTS) is 1. The minimum atomic E-state index is -1.07. The topological polar surface area (TPSA) is 136 Å². The Bertz CT molecular complexity index is 889. The molecule has 148 valence electrons. The fourth-order valence-electron chi connectivity index (χ4n) is 2.09. The molecule has 0 aromatic heterocycles. The summed E-state index contributed by atoms with van der Waals surface area (Å²) in [4.78, 5) is 34.0. The SMILES string of the molecule is CC(C)(S[Se]c1ccccc1C(=O)Nc1ccc([N+](=O)[O-])cc1)[C@@H](N)C(=O)O. The molecule has 28 heavy (non-hydrogen) atoms. The van der Waals surface area contributed by atoms with Gasteiger partial charge in [0.15, 0.2) is 0 Å². The van der Waals surface area contributed by atoms with E-state index < -0.39 is 21.7 Å². The number of non-ortho nitro benzene ring substituents is 1. The Labute approximate surface area is 171 Å². The van der Waals surface area contributed by atoms with E-state index in [4.69, 9.17) is 10.8 Å². The number of carbonyl (C=O) groups excluding carboxylic acids is 1. The van der Waals surface area contributed by atoms with Gasteiger partial charge in [0, 0.05) is 0 Å². The second kappa shape index (κ2) is 9.20. The fraction of sp³-hybridized carbons (Fsp3) is 0.222. The number of aliphatic carboxylic acids is 1. The Kier molecular flexibility index (Phi) is 7.20. The van der Waals surface area contributed by atoms with Gasteiger partial charge in [0.05, 0.1) is 0 Å². The van der Waals surface area contributed by atoms with Crippen LogP contribution in [0.15, 0.2) is 48.5 Å². The Morgan fingerprint density at radius 1 is 1.21 bits per heavy atom. The maximum absolute atomic E-state index is 12.7. The molecule has 0 bridgehead atoms. The fourth-order valence-corrected chi connectivity index (χ4v) is 6.73. The number of hydrogen-bond acceptors (Lipinski definition) is 6. The molecule has 0 unspecified atom stereocenters. The van der Waals surface area contributed by atoms with Crippen molar-refractivity contribution in [3.63, 3.8) is 0 Å². The zero-order chi connectivity index (χ0) is 20.9. The number of nitrogens with zero attached hydrogens (tertiary/aromatic N) is 1. The van der Waals surface area contributed by atoms with Gasteiger partial charge < -0.3 is 0 Å². The predicted octanol–water partition coefficient (Wildman–Crippen LogP) is 2.02. The van der Waals surface area contributed by atoms with E-state index in [0.29, 0.717) is 11.3 Å². The van der Waals surface area contributed by atoms with E-state index in [1.807, 2.05) is 12.1 Å². The number of nitrogens with one attached hydrogen (secondary N) is 1. The van der Waals surface area contributed by atoms with Crippen molar-refractivity contribution in [2.24, 2.45) is 5.73 Å². The second-order valence-electron chi connectivity index (χ2n) is 6.34. The number of nitrogens with two attached hydrogens (primary N) is 1. The third kappa shape index (κ3) is 5.56. The molecule has 10 heteroatoms. The van der Waals surface area contributed by atoms with Crippen LogP contribution in [0.3, 0.4) is 0 Å². The number of rotatable bonds is 8. The third-order valence-corrected chi connectivity index (χ3v) is 9.88. The molecule has 1 amide bonds. The average molecular weight is 468 g/mol. The summed E-state index contributed by atoms with van der Waals surface area (Å²) >= 11 is -0.250. The Morgan fingerprint density at radius 2 is 1.82 bits per heavy atom. The first-order valence-corrected chi connectivity index (χ1v) is 11.8. The van der Waals surface area contributed by atoms with Crippen LogP contribution in [-0.4, -0.2) is 46.5 Å². The van der Waals surface area contributed by atoms with Crippen LogP contribution < -0.4 is 15.5 Å². The number of benzene rings is 2. The average Bonchev–Trinajstić information content (AvgIpc) is 2.66. The van der Waals surface area contributed by atoms with Gasteiger partial charge in [0.2, 0.25) is 0 Å². The summed E-state index contributed by atoms with van der Waals surface area (Å²) in [5.74, 6) is -1.41. The first-order valence-electron chi connectivity index (χ1n) is 8.10. The van der Waals surface area contributed by atoms with Crippen LogP contribution in [0.25, 0.3) is 0 Å². The van der Waals surface area contributed by atoms with E-state index in [9.17, 15) is 19.7 Å². The maximum atomic E-state index is 12.7. The van der Waals surface area contributed by atoms with Gasteiger partial charge in [-0.2, -0.15) is 0 Å². The molecular weight excluding hydrogens is 449 g/mol. The van der Waals surface area contributed by atoms with Crippen molar-refractivity contribution < 1.29 is 19.6 Å². The van der Waals surface area contributed by atoms with E-state index in [-0.39, 0.29) is 25.4 Å². The molecule has 0 radical (unpaired) electrons. The number of anilines is 1. The number of hydrogen-bond donors (Lipinski definition) is 3. The first-order chi connectivity index (χ1) is 13.1. The van der Waals surface area contributed by atoms with E-state index in [2.05, 4.69) is 5.32 Å². The molecule has 0 heterocycles. The van der Waals surface area contributed by atoms with Crippen molar-refractivity contribution in [2.75, 3.05) is 5.32 Å². The summed E-state index contributed by atoms with van der Waals surface area (Å²) < 4.78 is 0.0958. The van der Waals surface area contributed by atoms with Crippen molar-refractivity contribution in [1.29, 1.82) is 0 Å². The van der Waals surface area contributed by atoms with E-state index in [1.165, 1.54) is 34.4 Å². The monoisotopic (exact) mass is 469 g/mol. The van der Waals surface area contributed by atoms with E-state index in [1.54, 1.807) is 26.0 Å². The van der Waals surface area contributed by atoms with Gasteiger partial charge in [-0.3, -0.25) is 0 Å². The summed E-state index contributed by atoms with van der Waals surface area (Å²) in [6, 6.07) is 11.6. The van der Waals surface area contributed by atoms with Crippen molar-refractivity contribution >= 4 is 51.7 Å². The van der Waals surface area contributed by atoms with Crippen molar-refractivity contribution in [2.45, 2.75) is 24.6 Å². The van der Waals surface area contributed by atoms with Gasteiger partial charge in [-0.05, 0) is 0 Å². The summed E-state index contributed by atoms with van der Waals surface area (Å²) in [6.45, 7) is 3.52. The molecule has 0 aliphatic rings. The molecule has 8 nitrogen and oxygen atoms in total. The van der Waals surface area contributed by atoms with Crippen LogP contribution in [0, 0.1) is 10.1 Å². The van der Waals surface area contributed by atoms with Crippen LogP contribution in [0.4, 0.5) is 11.4 Å². The summed E-state index contributed by atoms with van der Waals surface area (Å²) in [7, 11) is 1.41. The van der Waals surface area contributed by atoms with Crippen LogP contribution in [0.1, 0.15) is 24.2 Å². The predicted molar refractivity (Wildman–Crippen MR) is 110 cm³/mol. The number of carbonyl (C=O) groups is 2. The number of nitro benzene ring substituents is 1. The summed E-state index contributed by atoms with van der Waals surface area (Å²) in [5, 5.41) is 22.6. The van der Waals surface area contributed by atoms with Gasteiger partial charge in [-0.1, -0.05) is 0 Å². The van der Waals surface area contributed by atoms with Crippen molar-refractivity contribution in [3.05, 3.63) is 64.2 Å². The number of carboxylic acids is 1. The van der Waals surface area contributed by atoms with E-state index in [0.717, 1.165) is 4.46 Å². The normalized spacial score (nSPS) is 12.2. The zero-order valence-electron chi connectivity index (χ0n) is 15.1. The van der Waals surface area contributed by atoms with Crippen LogP contribution >= 0.6 is 10.2 Å². The molecule has 2 aromatic carbocycles. The molecule has 0 aliphatic heterocycles. The van der Waals surface area contributed by atoms with Crippen molar-refractivity contribution in [1.82, 2.24) is 0 Å². The Hall–Kier alpha value is -2.39. The summed E-state index contributed by atoms with van der Waals surface area (Å²) in [5.41, 5.74) is 6.60. The second-order valence-corrected chi connectivity index (χ2v) is 10.7. The van der Waals surface area contributed by atoms with Gasteiger partial charge in [0.25, 0.3) is 0 Å². The summed E-state index contributed by atoms with van der Waals surface area (Å²) in [6.07, 6.45) is 0. The standard InChI is InChI=1S/C18H19N3O5SSe/c1-18(2,15(19)17(23)24)27-28-14-6-4-3-5-13(14)16(22)20-11-7-9-12(10-8-11)21(25)26/h3-10,15H,19H2,1-2H3,(H,20,22)(H,23,24)/t15-/m0/s1. The van der Waals surface area contributed by atoms with Gasteiger partial charge in [-0.15, -0.1) is 0 Å². The first kappa shape index (κ1) is 21.9. The zero-order valence-corrected chi connectivity index (χ0v) is 17.6. The Balaban J connectivity index is 2.13. The number of amides is 1. The molecule has 1 atom stereocenters. The van der Waals surface area contributed by atoms with Crippen LogP contribution in [-0.2, 0) is 4.79 Å². The molecule has 4 N–H and O–H groups in total.